The van der Waals surface area contributed by atoms with Crippen molar-refractivity contribution in [3.05, 3.63) is 95.1 Å². The van der Waals surface area contributed by atoms with Crippen molar-refractivity contribution in [2.45, 2.75) is 25.2 Å². The molecule has 34 heavy (non-hydrogen) atoms. The van der Waals surface area contributed by atoms with Crippen LogP contribution in [0.2, 0.25) is 0 Å². The second-order valence-electron chi connectivity index (χ2n) is 7.93. The lowest BCUT2D eigenvalue weighted by Crippen LogP contribution is -2.39. The molecule has 0 radical (unpaired) electrons. The Morgan fingerprint density at radius 1 is 0.941 bits per heavy atom. The number of hydrogen-bond acceptors (Lipinski definition) is 5. The summed E-state index contributed by atoms with van der Waals surface area (Å²) in [5, 5.41) is 2.66. The van der Waals surface area contributed by atoms with Crippen LogP contribution in [0.4, 0.5) is 5.69 Å². The molecule has 0 fully saturated rings. The van der Waals surface area contributed by atoms with Gasteiger partial charge in [-0.25, -0.2) is 13.2 Å². The number of carbonyl (C=O) groups is 2. The van der Waals surface area contributed by atoms with Crippen molar-refractivity contribution < 1.29 is 22.7 Å². The maximum Gasteiger partial charge on any atom is 0.339 e. The summed E-state index contributed by atoms with van der Waals surface area (Å²) in [4.78, 5) is 25.2. The van der Waals surface area contributed by atoms with Gasteiger partial charge in [0, 0.05) is 6.54 Å². The number of hydrogen-bond donors (Lipinski definition) is 1. The lowest BCUT2D eigenvalue weighted by Gasteiger charge is -2.23. The van der Waals surface area contributed by atoms with Crippen LogP contribution in [-0.2, 0) is 26.0 Å². The molecule has 0 saturated carbocycles. The monoisotopic (exact) mass is 480 g/mol. The molecule has 0 unspecified atom stereocenters. The third-order valence-electron chi connectivity index (χ3n) is 5.38. The first kappa shape index (κ1) is 25.1. The molecule has 0 bridgehead atoms. The third-order valence-corrected chi connectivity index (χ3v) is 7.37. The SMILES string of the molecule is COC(=O)c1ccccc1NC(=O)CN(CCc1ccccc1)S(=O)(=O)c1cc(C)ccc1C. The minimum absolute atomic E-state index is 0.117. The standard InChI is InChI=1S/C26H28N2O5S/c1-19-13-14-20(2)24(17-19)34(31,32)28(16-15-21-9-5-4-6-10-21)18-25(29)27-23-12-8-7-11-22(23)26(30)33-3/h4-14,17H,15-16,18H2,1-3H3,(H,27,29). The van der Waals surface area contributed by atoms with Crippen molar-refractivity contribution in [2.75, 3.05) is 25.5 Å². The van der Waals surface area contributed by atoms with Gasteiger partial charge in [-0.15, -0.1) is 0 Å². The Hall–Kier alpha value is -3.49. The molecule has 1 amide bonds. The van der Waals surface area contributed by atoms with Gasteiger partial charge >= 0.3 is 5.97 Å². The first-order valence-electron chi connectivity index (χ1n) is 10.8. The summed E-state index contributed by atoms with van der Waals surface area (Å²) >= 11 is 0. The summed E-state index contributed by atoms with van der Waals surface area (Å²) in [5.41, 5.74) is 2.81. The molecule has 3 rings (SSSR count). The zero-order valence-electron chi connectivity index (χ0n) is 19.4. The molecule has 3 aromatic carbocycles. The van der Waals surface area contributed by atoms with Gasteiger partial charge in [0.25, 0.3) is 0 Å². The van der Waals surface area contributed by atoms with E-state index in [-0.39, 0.29) is 22.7 Å². The predicted molar refractivity (Wildman–Crippen MR) is 131 cm³/mol. The van der Waals surface area contributed by atoms with E-state index in [0.717, 1.165) is 11.1 Å². The molecule has 7 nitrogen and oxygen atoms in total. The molecular formula is C26H28N2O5S. The number of sulfonamides is 1. The van der Waals surface area contributed by atoms with Crippen LogP contribution in [0, 0.1) is 13.8 Å². The van der Waals surface area contributed by atoms with E-state index in [1.165, 1.54) is 17.5 Å². The molecule has 0 aliphatic carbocycles. The number of carbonyl (C=O) groups excluding carboxylic acids is 2. The van der Waals surface area contributed by atoms with E-state index >= 15 is 0 Å². The molecule has 0 aliphatic rings. The lowest BCUT2D eigenvalue weighted by atomic mass is 10.1. The number of ether oxygens (including phenoxy) is 1. The first-order valence-corrected chi connectivity index (χ1v) is 12.2. The van der Waals surface area contributed by atoms with Gasteiger partial charge in [0.15, 0.2) is 0 Å². The Labute approximate surface area is 200 Å². The predicted octanol–water partition coefficient (Wildman–Crippen LogP) is 3.96. The highest BCUT2D eigenvalue weighted by Gasteiger charge is 2.28. The van der Waals surface area contributed by atoms with Crippen LogP contribution in [0.15, 0.2) is 77.7 Å². The molecule has 0 aliphatic heterocycles. The Balaban J connectivity index is 1.89. The van der Waals surface area contributed by atoms with Crippen molar-refractivity contribution in [2.24, 2.45) is 0 Å². The topological polar surface area (TPSA) is 92.8 Å². The zero-order valence-corrected chi connectivity index (χ0v) is 20.3. The fourth-order valence-corrected chi connectivity index (χ4v) is 5.24. The van der Waals surface area contributed by atoms with Crippen LogP contribution in [0.25, 0.3) is 0 Å². The number of benzene rings is 3. The number of nitrogens with zero attached hydrogens (tertiary/aromatic N) is 1. The Kier molecular flexibility index (Phi) is 8.20. The molecular weight excluding hydrogens is 452 g/mol. The van der Waals surface area contributed by atoms with Crippen LogP contribution >= 0.6 is 0 Å². The van der Waals surface area contributed by atoms with E-state index in [1.54, 1.807) is 37.3 Å². The quantitative estimate of drug-likeness (QED) is 0.468. The van der Waals surface area contributed by atoms with Crippen LogP contribution < -0.4 is 5.32 Å². The molecule has 0 atom stereocenters. The van der Waals surface area contributed by atoms with Gasteiger partial charge in [0.05, 0.1) is 29.8 Å². The van der Waals surface area contributed by atoms with E-state index in [0.29, 0.717) is 12.0 Å². The minimum Gasteiger partial charge on any atom is -0.465 e. The summed E-state index contributed by atoms with van der Waals surface area (Å²) in [6.45, 7) is 3.27. The molecule has 3 aromatic rings. The average Bonchev–Trinajstić information content (AvgIpc) is 2.83. The number of methoxy groups -OCH3 is 1. The highest BCUT2D eigenvalue weighted by atomic mass is 32.2. The van der Waals surface area contributed by atoms with E-state index in [1.807, 2.05) is 43.3 Å². The van der Waals surface area contributed by atoms with E-state index in [2.05, 4.69) is 5.32 Å². The van der Waals surface area contributed by atoms with Gasteiger partial charge < -0.3 is 10.1 Å². The van der Waals surface area contributed by atoms with Crippen molar-refractivity contribution in [3.8, 4) is 0 Å². The number of aryl methyl sites for hydroxylation is 2. The van der Waals surface area contributed by atoms with Crippen molar-refractivity contribution in [1.29, 1.82) is 0 Å². The Bertz CT molecular complexity index is 1270. The molecule has 0 aromatic heterocycles. The fourth-order valence-electron chi connectivity index (χ4n) is 3.54. The van der Waals surface area contributed by atoms with Crippen LogP contribution in [0.1, 0.15) is 27.0 Å². The smallest absolute Gasteiger partial charge is 0.339 e. The molecule has 1 N–H and O–H groups in total. The third kappa shape index (κ3) is 6.09. The van der Waals surface area contributed by atoms with Gasteiger partial charge in [-0.3, -0.25) is 4.79 Å². The molecule has 178 valence electrons. The highest BCUT2D eigenvalue weighted by Crippen LogP contribution is 2.22. The minimum atomic E-state index is -3.96. The van der Waals surface area contributed by atoms with Crippen molar-refractivity contribution >= 4 is 27.6 Å². The Morgan fingerprint density at radius 2 is 1.62 bits per heavy atom. The average molecular weight is 481 g/mol. The summed E-state index contributed by atoms with van der Waals surface area (Å²) in [6.07, 6.45) is 0.441. The van der Waals surface area contributed by atoms with Gasteiger partial charge in [-0.1, -0.05) is 54.6 Å². The fraction of sp³-hybridized carbons (Fsp3) is 0.231. The van der Waals surface area contributed by atoms with Gasteiger partial charge in [-0.05, 0) is 55.2 Å². The number of para-hydroxylation sites is 1. The molecule has 8 heteroatoms. The van der Waals surface area contributed by atoms with Crippen molar-refractivity contribution in [3.63, 3.8) is 0 Å². The lowest BCUT2D eigenvalue weighted by molar-refractivity contribution is -0.116. The van der Waals surface area contributed by atoms with Gasteiger partial charge in [0.1, 0.15) is 0 Å². The second kappa shape index (κ2) is 11.1. The maximum absolute atomic E-state index is 13.6. The number of anilines is 1. The largest absolute Gasteiger partial charge is 0.465 e. The molecule has 0 spiro atoms. The summed E-state index contributed by atoms with van der Waals surface area (Å²) < 4.78 is 33.2. The van der Waals surface area contributed by atoms with E-state index in [4.69, 9.17) is 4.74 Å². The summed E-state index contributed by atoms with van der Waals surface area (Å²) in [7, 11) is -2.71. The normalized spacial score (nSPS) is 11.3. The Morgan fingerprint density at radius 3 is 2.32 bits per heavy atom. The van der Waals surface area contributed by atoms with Crippen molar-refractivity contribution in [1.82, 2.24) is 4.31 Å². The van der Waals surface area contributed by atoms with E-state index in [9.17, 15) is 18.0 Å². The number of nitrogens with one attached hydrogen (secondary N) is 1. The zero-order chi connectivity index (χ0) is 24.7. The van der Waals surface area contributed by atoms with Gasteiger partial charge in [-0.2, -0.15) is 4.31 Å². The molecule has 0 saturated heterocycles. The van der Waals surface area contributed by atoms with Crippen LogP contribution in [0.5, 0.6) is 0 Å². The first-order chi connectivity index (χ1) is 16.2. The van der Waals surface area contributed by atoms with Gasteiger partial charge in [0.2, 0.25) is 15.9 Å². The van der Waals surface area contributed by atoms with E-state index < -0.39 is 28.4 Å². The second-order valence-corrected chi connectivity index (χ2v) is 9.83. The highest BCUT2D eigenvalue weighted by molar-refractivity contribution is 7.89. The number of esters is 1. The van der Waals surface area contributed by atoms with Crippen LogP contribution in [-0.4, -0.2) is 44.8 Å². The number of rotatable bonds is 9. The summed E-state index contributed by atoms with van der Waals surface area (Å²) in [5.74, 6) is -1.15. The number of amides is 1. The summed E-state index contributed by atoms with van der Waals surface area (Å²) in [6, 6.07) is 21.1. The molecule has 0 heterocycles. The maximum atomic E-state index is 13.6. The van der Waals surface area contributed by atoms with Crippen LogP contribution in [0.3, 0.4) is 0 Å².